The molecule has 7 heteroatoms. The van der Waals surface area contributed by atoms with Crippen LogP contribution in [0, 0.1) is 0 Å². The lowest BCUT2D eigenvalue weighted by Crippen LogP contribution is -2.07. The van der Waals surface area contributed by atoms with Crippen molar-refractivity contribution in [1.29, 1.82) is 0 Å². The van der Waals surface area contributed by atoms with Gasteiger partial charge in [0.15, 0.2) is 10.8 Å². The van der Waals surface area contributed by atoms with Crippen molar-refractivity contribution in [3.05, 3.63) is 40.4 Å². The number of hydrogen-bond donors (Lipinski definition) is 1. The van der Waals surface area contributed by atoms with E-state index in [1.165, 1.54) is 4.57 Å². The number of ether oxygens (including phenoxy) is 1. The Hall–Kier alpha value is -1.72. The summed E-state index contributed by atoms with van der Waals surface area (Å²) < 4.78 is 6.27. The average Bonchev–Trinajstić information content (AvgIpc) is 2.64. The van der Waals surface area contributed by atoms with Crippen LogP contribution in [0.15, 0.2) is 24.3 Å². The van der Waals surface area contributed by atoms with E-state index in [1.807, 2.05) is 0 Å². The van der Waals surface area contributed by atoms with Crippen molar-refractivity contribution in [1.82, 2.24) is 9.55 Å². The van der Waals surface area contributed by atoms with Gasteiger partial charge >= 0.3 is 5.97 Å². The molecule has 0 spiro atoms. The number of aromatic nitrogens is 2. The van der Waals surface area contributed by atoms with Gasteiger partial charge in [0.2, 0.25) is 5.28 Å². The van der Waals surface area contributed by atoms with Crippen molar-refractivity contribution in [3.8, 4) is 11.4 Å². The van der Waals surface area contributed by atoms with Gasteiger partial charge in [-0.1, -0.05) is 11.6 Å². The lowest BCUT2D eigenvalue weighted by atomic mass is 10.3. The van der Waals surface area contributed by atoms with Gasteiger partial charge in [0.05, 0.1) is 7.11 Å². The summed E-state index contributed by atoms with van der Waals surface area (Å²) in [5.74, 6) is -0.548. The number of halogens is 2. The molecule has 1 aromatic carbocycles. The molecule has 0 amide bonds. The van der Waals surface area contributed by atoms with E-state index >= 15 is 0 Å². The second kappa shape index (κ2) is 4.88. The predicted molar refractivity (Wildman–Crippen MR) is 67.1 cm³/mol. The zero-order chi connectivity index (χ0) is 13.3. The first-order valence-corrected chi connectivity index (χ1v) is 5.61. The Bertz CT molecular complexity index is 593. The SMILES string of the molecule is COc1ccc(-n2c(Cl)nc(Cl)c2C(=O)O)cc1. The summed E-state index contributed by atoms with van der Waals surface area (Å²) in [6.07, 6.45) is 0. The van der Waals surface area contributed by atoms with Crippen molar-refractivity contribution in [3.63, 3.8) is 0 Å². The van der Waals surface area contributed by atoms with Gasteiger partial charge in [0.25, 0.3) is 0 Å². The topological polar surface area (TPSA) is 64.4 Å². The first-order valence-electron chi connectivity index (χ1n) is 4.86. The highest BCUT2D eigenvalue weighted by molar-refractivity contribution is 6.34. The Balaban J connectivity index is 2.59. The number of hydrogen-bond acceptors (Lipinski definition) is 3. The van der Waals surface area contributed by atoms with Crippen LogP contribution < -0.4 is 4.74 Å². The highest BCUT2D eigenvalue weighted by Crippen LogP contribution is 2.26. The van der Waals surface area contributed by atoms with E-state index in [-0.39, 0.29) is 16.1 Å². The van der Waals surface area contributed by atoms with Crippen LogP contribution in [0.5, 0.6) is 5.75 Å². The third-order valence-corrected chi connectivity index (χ3v) is 2.84. The molecule has 0 aliphatic carbocycles. The molecule has 94 valence electrons. The van der Waals surface area contributed by atoms with Crippen molar-refractivity contribution >= 4 is 29.2 Å². The highest BCUT2D eigenvalue weighted by Gasteiger charge is 2.21. The number of nitrogens with zero attached hydrogens (tertiary/aromatic N) is 2. The quantitative estimate of drug-likeness (QED) is 0.942. The lowest BCUT2D eigenvalue weighted by molar-refractivity contribution is 0.0688. The van der Waals surface area contributed by atoms with Crippen LogP contribution in [-0.2, 0) is 0 Å². The maximum Gasteiger partial charge on any atom is 0.356 e. The summed E-state index contributed by atoms with van der Waals surface area (Å²) in [4.78, 5) is 14.9. The number of carboxylic acids is 1. The van der Waals surface area contributed by atoms with Crippen molar-refractivity contribution < 1.29 is 14.6 Å². The van der Waals surface area contributed by atoms with Crippen LogP contribution in [0.4, 0.5) is 0 Å². The van der Waals surface area contributed by atoms with Gasteiger partial charge in [-0.15, -0.1) is 0 Å². The lowest BCUT2D eigenvalue weighted by Gasteiger charge is -2.07. The summed E-state index contributed by atoms with van der Waals surface area (Å²) >= 11 is 11.6. The minimum absolute atomic E-state index is 0.0115. The zero-order valence-electron chi connectivity index (χ0n) is 9.22. The summed E-state index contributed by atoms with van der Waals surface area (Å²) in [6, 6.07) is 6.70. The van der Waals surface area contributed by atoms with E-state index in [4.69, 9.17) is 33.0 Å². The fraction of sp³-hybridized carbons (Fsp3) is 0.0909. The molecule has 0 aliphatic rings. The van der Waals surface area contributed by atoms with E-state index < -0.39 is 5.97 Å². The van der Waals surface area contributed by atoms with E-state index in [2.05, 4.69) is 4.98 Å². The molecular weight excluding hydrogens is 279 g/mol. The third-order valence-electron chi connectivity index (χ3n) is 2.33. The van der Waals surface area contributed by atoms with E-state index in [0.29, 0.717) is 11.4 Å². The third kappa shape index (κ3) is 2.14. The second-order valence-corrected chi connectivity index (χ2v) is 4.05. The fourth-order valence-electron chi connectivity index (χ4n) is 1.52. The molecule has 1 heterocycles. The van der Waals surface area contributed by atoms with Gasteiger partial charge in [-0.25, -0.2) is 9.78 Å². The van der Waals surface area contributed by atoms with Gasteiger partial charge in [-0.05, 0) is 35.9 Å². The highest BCUT2D eigenvalue weighted by atomic mass is 35.5. The van der Waals surface area contributed by atoms with Crippen molar-refractivity contribution in [2.45, 2.75) is 0 Å². The predicted octanol–water partition coefficient (Wildman–Crippen LogP) is 2.89. The monoisotopic (exact) mass is 286 g/mol. The molecular formula is C11H8Cl2N2O3. The van der Waals surface area contributed by atoms with Gasteiger partial charge in [-0.2, -0.15) is 0 Å². The Kier molecular flexibility index (Phi) is 3.45. The molecule has 0 unspecified atom stereocenters. The van der Waals surface area contributed by atoms with Crippen LogP contribution in [0.1, 0.15) is 10.5 Å². The molecule has 0 bridgehead atoms. The summed E-state index contributed by atoms with van der Waals surface area (Å²) in [6.45, 7) is 0. The molecule has 0 saturated carbocycles. The largest absolute Gasteiger partial charge is 0.497 e. The summed E-state index contributed by atoms with van der Waals surface area (Å²) in [5.41, 5.74) is 0.365. The first kappa shape index (κ1) is 12.7. The van der Waals surface area contributed by atoms with Crippen LogP contribution in [0.2, 0.25) is 10.4 Å². The van der Waals surface area contributed by atoms with Crippen molar-refractivity contribution in [2.24, 2.45) is 0 Å². The zero-order valence-corrected chi connectivity index (χ0v) is 10.7. The second-order valence-electron chi connectivity index (χ2n) is 3.36. The van der Waals surface area contributed by atoms with Gasteiger partial charge < -0.3 is 9.84 Å². The number of rotatable bonds is 3. The normalized spacial score (nSPS) is 10.4. The molecule has 1 aromatic heterocycles. The minimum Gasteiger partial charge on any atom is -0.497 e. The van der Waals surface area contributed by atoms with Crippen LogP contribution in [0.3, 0.4) is 0 Å². The number of carbonyl (C=O) groups is 1. The number of methoxy groups -OCH3 is 1. The summed E-state index contributed by atoms with van der Waals surface area (Å²) in [7, 11) is 1.54. The van der Waals surface area contributed by atoms with Crippen molar-refractivity contribution in [2.75, 3.05) is 7.11 Å². The number of aromatic carboxylic acids is 1. The van der Waals surface area contributed by atoms with E-state index in [1.54, 1.807) is 31.4 Å². The Morgan fingerprint density at radius 1 is 1.33 bits per heavy atom. The smallest absolute Gasteiger partial charge is 0.356 e. The van der Waals surface area contributed by atoms with Crippen LogP contribution >= 0.6 is 23.2 Å². The van der Waals surface area contributed by atoms with E-state index in [9.17, 15) is 4.79 Å². The molecule has 0 fully saturated rings. The molecule has 0 atom stereocenters. The molecule has 0 radical (unpaired) electrons. The van der Waals surface area contributed by atoms with Crippen LogP contribution in [0.25, 0.3) is 5.69 Å². The standard InChI is InChI=1S/C11H8Cl2N2O3/c1-18-7-4-2-6(3-5-7)15-8(10(16)17)9(12)14-11(15)13/h2-5H,1H3,(H,16,17). The molecule has 1 N–H and O–H groups in total. The molecule has 18 heavy (non-hydrogen) atoms. The first-order chi connectivity index (χ1) is 8.54. The molecule has 5 nitrogen and oxygen atoms in total. The maximum absolute atomic E-state index is 11.1. The van der Waals surface area contributed by atoms with Gasteiger partial charge in [0, 0.05) is 5.69 Å². The maximum atomic E-state index is 11.1. The Labute approximate surface area is 113 Å². The van der Waals surface area contributed by atoms with E-state index in [0.717, 1.165) is 0 Å². The van der Waals surface area contributed by atoms with Crippen LogP contribution in [-0.4, -0.2) is 27.7 Å². The Morgan fingerprint density at radius 2 is 1.94 bits per heavy atom. The average molecular weight is 287 g/mol. The molecule has 2 aromatic rings. The fourth-order valence-corrected chi connectivity index (χ4v) is 2.07. The molecule has 0 saturated heterocycles. The molecule has 0 aliphatic heterocycles. The minimum atomic E-state index is -1.20. The number of carboxylic acid groups (broad SMARTS) is 1. The number of imidazole rings is 1. The van der Waals surface area contributed by atoms with Gasteiger partial charge in [-0.3, -0.25) is 4.57 Å². The Morgan fingerprint density at radius 3 is 2.44 bits per heavy atom. The summed E-state index contributed by atoms with van der Waals surface area (Å²) in [5, 5.41) is 8.93. The molecule has 2 rings (SSSR count). The van der Waals surface area contributed by atoms with Gasteiger partial charge in [0.1, 0.15) is 5.75 Å². The number of benzene rings is 1.